The first-order chi connectivity index (χ1) is 5.74. The van der Waals surface area contributed by atoms with Gasteiger partial charge >= 0.3 is 6.03 Å². The Morgan fingerprint density at radius 2 is 2.08 bits per heavy atom. The molecule has 64 valence electrons. The molecule has 0 saturated carbocycles. The van der Waals surface area contributed by atoms with E-state index in [1.807, 2.05) is 18.2 Å². The van der Waals surface area contributed by atoms with Gasteiger partial charge in [0.15, 0.2) is 0 Å². The molecule has 4 heteroatoms. The molecular formula is C8H11N3O. The minimum Gasteiger partial charge on any atom is -0.351 e. The Hall–Kier alpha value is -1.55. The van der Waals surface area contributed by atoms with Gasteiger partial charge in [-0.05, 0) is 11.6 Å². The first kappa shape index (κ1) is 8.55. The molecule has 0 aliphatic rings. The molecule has 4 nitrogen and oxygen atoms in total. The van der Waals surface area contributed by atoms with Crippen molar-refractivity contribution < 1.29 is 4.79 Å². The van der Waals surface area contributed by atoms with Gasteiger partial charge in [-0.3, -0.25) is 0 Å². The van der Waals surface area contributed by atoms with Gasteiger partial charge in [0.2, 0.25) is 0 Å². The molecule has 1 aromatic rings. The Bertz CT molecular complexity index is 285. The van der Waals surface area contributed by atoms with Crippen LogP contribution in [-0.4, -0.2) is 6.03 Å². The summed E-state index contributed by atoms with van der Waals surface area (Å²) in [5.74, 6) is 0. The molecule has 0 atom stereocenters. The number of hydrogen-bond acceptors (Lipinski definition) is 2. The lowest BCUT2D eigenvalue weighted by atomic mass is 10.2. The third kappa shape index (κ3) is 1.96. The van der Waals surface area contributed by atoms with Crippen molar-refractivity contribution in [1.29, 1.82) is 0 Å². The molecule has 0 aliphatic carbocycles. The van der Waals surface area contributed by atoms with Gasteiger partial charge in [0.05, 0.1) is 0 Å². The monoisotopic (exact) mass is 165 g/mol. The largest absolute Gasteiger partial charge is 0.351 e. The fraction of sp³-hybridized carbons (Fsp3) is 0.125. The number of benzene rings is 1. The molecule has 0 unspecified atom stereocenters. The lowest BCUT2D eigenvalue weighted by Gasteiger charge is -2.06. The van der Waals surface area contributed by atoms with Crippen LogP contribution in [0.25, 0.3) is 0 Å². The molecule has 1 rings (SSSR count). The van der Waals surface area contributed by atoms with Crippen LogP contribution in [0.5, 0.6) is 0 Å². The Balaban J connectivity index is 2.89. The summed E-state index contributed by atoms with van der Waals surface area (Å²) in [4.78, 5) is 10.5. The fourth-order valence-electron chi connectivity index (χ4n) is 0.953. The summed E-state index contributed by atoms with van der Waals surface area (Å²) < 4.78 is 0. The first-order valence-electron chi connectivity index (χ1n) is 3.58. The van der Waals surface area contributed by atoms with Gasteiger partial charge in [-0.15, -0.1) is 0 Å². The highest BCUT2D eigenvalue weighted by molar-refractivity contribution is 5.88. The quantitative estimate of drug-likeness (QED) is 0.601. The summed E-state index contributed by atoms with van der Waals surface area (Å²) in [5.41, 5.74) is 11.9. The number of nitrogens with one attached hydrogen (secondary N) is 1. The van der Waals surface area contributed by atoms with Gasteiger partial charge in [0.1, 0.15) is 0 Å². The summed E-state index contributed by atoms with van der Waals surface area (Å²) in [7, 11) is 0. The summed E-state index contributed by atoms with van der Waals surface area (Å²) in [5, 5.41) is 2.48. The predicted octanol–water partition coefficient (Wildman–Crippen LogP) is 0.636. The van der Waals surface area contributed by atoms with Crippen molar-refractivity contribution in [3.63, 3.8) is 0 Å². The Morgan fingerprint density at radius 1 is 1.42 bits per heavy atom. The van der Waals surface area contributed by atoms with E-state index in [-0.39, 0.29) is 0 Å². The Kier molecular flexibility index (Phi) is 2.66. The van der Waals surface area contributed by atoms with Crippen molar-refractivity contribution in [2.75, 3.05) is 5.32 Å². The molecule has 0 radical (unpaired) electrons. The molecule has 2 amide bonds. The molecule has 1 aromatic carbocycles. The third-order valence-electron chi connectivity index (χ3n) is 1.50. The average molecular weight is 165 g/mol. The van der Waals surface area contributed by atoms with E-state index in [9.17, 15) is 4.79 Å². The highest BCUT2D eigenvalue weighted by Crippen LogP contribution is 2.13. The van der Waals surface area contributed by atoms with E-state index in [0.717, 1.165) is 5.56 Å². The van der Waals surface area contributed by atoms with Crippen molar-refractivity contribution in [1.82, 2.24) is 0 Å². The molecule has 12 heavy (non-hydrogen) atoms. The summed E-state index contributed by atoms with van der Waals surface area (Å²) in [6.45, 7) is 0.385. The minimum atomic E-state index is -0.573. The number of urea groups is 1. The van der Waals surface area contributed by atoms with Gasteiger partial charge in [-0.1, -0.05) is 18.2 Å². The van der Waals surface area contributed by atoms with Crippen LogP contribution in [0, 0.1) is 0 Å². The smallest absolute Gasteiger partial charge is 0.316 e. The molecular weight excluding hydrogens is 154 g/mol. The topological polar surface area (TPSA) is 81.1 Å². The number of carbonyl (C=O) groups is 1. The number of para-hydroxylation sites is 1. The Morgan fingerprint density at radius 3 is 2.67 bits per heavy atom. The second kappa shape index (κ2) is 3.73. The van der Waals surface area contributed by atoms with Gasteiger partial charge in [-0.25, -0.2) is 4.79 Å². The maximum absolute atomic E-state index is 10.5. The SMILES string of the molecule is NCc1ccccc1NC(N)=O. The number of rotatable bonds is 2. The van der Waals surface area contributed by atoms with E-state index in [2.05, 4.69) is 5.32 Å². The number of amides is 2. The van der Waals surface area contributed by atoms with Crippen LogP contribution in [0.15, 0.2) is 24.3 Å². The van der Waals surface area contributed by atoms with Gasteiger partial charge < -0.3 is 16.8 Å². The lowest BCUT2D eigenvalue weighted by molar-refractivity contribution is 0.259. The van der Waals surface area contributed by atoms with Crippen LogP contribution in [0.3, 0.4) is 0 Å². The second-order valence-corrected chi connectivity index (χ2v) is 2.35. The number of hydrogen-bond donors (Lipinski definition) is 3. The standard InChI is InChI=1S/C8H11N3O/c9-5-6-3-1-2-4-7(6)11-8(10)12/h1-4H,5,9H2,(H3,10,11,12). The maximum Gasteiger partial charge on any atom is 0.316 e. The maximum atomic E-state index is 10.5. The predicted molar refractivity (Wildman–Crippen MR) is 47.5 cm³/mol. The van der Waals surface area contributed by atoms with E-state index in [4.69, 9.17) is 11.5 Å². The fourth-order valence-corrected chi connectivity index (χ4v) is 0.953. The zero-order valence-electron chi connectivity index (χ0n) is 6.58. The van der Waals surface area contributed by atoms with Gasteiger partial charge in [-0.2, -0.15) is 0 Å². The number of nitrogens with two attached hydrogens (primary N) is 2. The minimum absolute atomic E-state index is 0.385. The molecule has 0 heterocycles. The molecule has 0 aromatic heterocycles. The van der Waals surface area contributed by atoms with E-state index >= 15 is 0 Å². The molecule has 5 N–H and O–H groups in total. The van der Waals surface area contributed by atoms with Crippen molar-refractivity contribution in [3.8, 4) is 0 Å². The number of anilines is 1. The zero-order chi connectivity index (χ0) is 8.97. The van der Waals surface area contributed by atoms with E-state index in [1.165, 1.54) is 0 Å². The van der Waals surface area contributed by atoms with Crippen molar-refractivity contribution in [2.45, 2.75) is 6.54 Å². The van der Waals surface area contributed by atoms with Crippen LogP contribution in [0.4, 0.5) is 10.5 Å². The highest BCUT2D eigenvalue weighted by Gasteiger charge is 2.00. The summed E-state index contributed by atoms with van der Waals surface area (Å²) in [6.07, 6.45) is 0. The van der Waals surface area contributed by atoms with Crippen LogP contribution < -0.4 is 16.8 Å². The first-order valence-corrected chi connectivity index (χ1v) is 3.58. The molecule has 0 spiro atoms. The summed E-state index contributed by atoms with van der Waals surface area (Å²) >= 11 is 0. The lowest BCUT2D eigenvalue weighted by Crippen LogP contribution is -2.20. The van der Waals surface area contributed by atoms with Crippen LogP contribution in [0.2, 0.25) is 0 Å². The third-order valence-corrected chi connectivity index (χ3v) is 1.50. The average Bonchev–Trinajstić information content (AvgIpc) is 2.04. The van der Waals surface area contributed by atoms with Crippen LogP contribution in [0.1, 0.15) is 5.56 Å². The second-order valence-electron chi connectivity index (χ2n) is 2.35. The molecule has 0 aliphatic heterocycles. The zero-order valence-corrected chi connectivity index (χ0v) is 6.58. The van der Waals surface area contributed by atoms with Gasteiger partial charge in [0.25, 0.3) is 0 Å². The van der Waals surface area contributed by atoms with Gasteiger partial charge in [0, 0.05) is 12.2 Å². The molecule has 0 bridgehead atoms. The normalized spacial score (nSPS) is 9.42. The highest BCUT2D eigenvalue weighted by atomic mass is 16.2. The summed E-state index contributed by atoms with van der Waals surface area (Å²) in [6, 6.07) is 6.69. The van der Waals surface area contributed by atoms with E-state index < -0.39 is 6.03 Å². The molecule has 0 saturated heterocycles. The van der Waals surface area contributed by atoms with Crippen molar-refractivity contribution >= 4 is 11.7 Å². The van der Waals surface area contributed by atoms with Crippen LogP contribution in [-0.2, 0) is 6.54 Å². The number of primary amides is 1. The Labute approximate surface area is 70.6 Å². The van der Waals surface area contributed by atoms with Crippen molar-refractivity contribution in [2.24, 2.45) is 11.5 Å². The number of carbonyl (C=O) groups excluding carboxylic acids is 1. The van der Waals surface area contributed by atoms with Crippen molar-refractivity contribution in [3.05, 3.63) is 29.8 Å². The van der Waals surface area contributed by atoms with Crippen LogP contribution >= 0.6 is 0 Å². The molecule has 0 fully saturated rings. The van der Waals surface area contributed by atoms with E-state index in [1.54, 1.807) is 6.07 Å². The van der Waals surface area contributed by atoms with E-state index in [0.29, 0.717) is 12.2 Å².